The third-order valence-corrected chi connectivity index (χ3v) is 7.17. The van der Waals surface area contributed by atoms with Crippen molar-refractivity contribution in [2.75, 3.05) is 18.6 Å². The van der Waals surface area contributed by atoms with Crippen LogP contribution in [-0.2, 0) is 16.0 Å². The van der Waals surface area contributed by atoms with Crippen LogP contribution < -0.4 is 0 Å². The molecule has 8 heteroatoms. The summed E-state index contributed by atoms with van der Waals surface area (Å²) in [4.78, 5) is 37.6. The van der Waals surface area contributed by atoms with Gasteiger partial charge in [0.05, 0.1) is 5.92 Å². The van der Waals surface area contributed by atoms with Gasteiger partial charge in [0, 0.05) is 30.4 Å². The highest BCUT2D eigenvalue weighted by molar-refractivity contribution is 8.13. The second kappa shape index (κ2) is 8.98. The second-order valence-electron chi connectivity index (χ2n) is 7.65. The minimum Gasteiger partial charge on any atom is -0.435 e. The molecule has 0 saturated carbocycles. The molecule has 4 atom stereocenters. The summed E-state index contributed by atoms with van der Waals surface area (Å²) in [7, 11) is 0. The molecule has 2 amide bonds. The van der Waals surface area contributed by atoms with Gasteiger partial charge in [0.25, 0.3) is 0 Å². The molecule has 1 fully saturated rings. The first-order chi connectivity index (χ1) is 13.0. The van der Waals surface area contributed by atoms with Crippen molar-refractivity contribution in [2.24, 2.45) is 5.92 Å². The van der Waals surface area contributed by atoms with Gasteiger partial charge in [-0.1, -0.05) is 23.9 Å². The molecule has 2 rings (SSSR count). The van der Waals surface area contributed by atoms with Gasteiger partial charge in [-0.25, -0.2) is 4.79 Å². The predicted octanol–water partition coefficient (Wildman–Crippen LogP) is 3.41. The van der Waals surface area contributed by atoms with Gasteiger partial charge in [-0.3, -0.25) is 4.79 Å². The molecule has 1 saturated heterocycles. The molecule has 1 aliphatic rings. The molecule has 1 aromatic carbocycles. The van der Waals surface area contributed by atoms with Gasteiger partial charge in [0.15, 0.2) is 5.12 Å². The van der Waals surface area contributed by atoms with Crippen molar-refractivity contribution in [1.82, 2.24) is 0 Å². The molecule has 0 aromatic heterocycles. The minimum atomic E-state index is -1.28. The maximum Gasteiger partial charge on any atom is 0.521 e. The highest BCUT2D eigenvalue weighted by Crippen LogP contribution is 2.39. The number of aliphatic hydroxyl groups is 1. The van der Waals surface area contributed by atoms with E-state index in [9.17, 15) is 24.6 Å². The Kier molecular flexibility index (Phi) is 7.36. The Morgan fingerprint density at radius 1 is 1.29 bits per heavy atom. The maximum atomic E-state index is 13.1. The van der Waals surface area contributed by atoms with E-state index in [1.807, 2.05) is 30.5 Å². The first-order valence-corrected chi connectivity index (χ1v) is 11.4. The molecule has 1 heterocycles. The number of nitrogens with zero attached hydrogens (tertiary/aromatic N) is 1. The molecule has 2 N–H and O–H groups in total. The highest BCUT2D eigenvalue weighted by Gasteiger charge is 2.62. The van der Waals surface area contributed by atoms with Crippen molar-refractivity contribution < 1.29 is 29.1 Å². The van der Waals surface area contributed by atoms with Crippen LogP contribution in [0, 0.1) is 5.92 Å². The fraction of sp³-hybridized carbons (Fsp3) is 0.550. The zero-order chi connectivity index (χ0) is 21.1. The summed E-state index contributed by atoms with van der Waals surface area (Å²) in [6.07, 6.45) is 1.26. The molecule has 0 spiro atoms. The van der Waals surface area contributed by atoms with Crippen molar-refractivity contribution in [3.05, 3.63) is 29.8 Å². The molecule has 6 nitrogen and oxygen atoms in total. The largest absolute Gasteiger partial charge is 0.521 e. The average molecular weight is 427 g/mol. The molecular weight excluding hydrogens is 398 g/mol. The average Bonchev–Trinajstić information content (AvgIpc) is 2.91. The monoisotopic (exact) mass is 426 g/mol. The number of hydrogen-bond acceptors (Lipinski definition) is 6. The number of carboxylic acid groups (broad SMARTS) is 1. The van der Waals surface area contributed by atoms with Crippen molar-refractivity contribution in [2.45, 2.75) is 50.2 Å². The van der Waals surface area contributed by atoms with Gasteiger partial charge in [0.1, 0.15) is 18.2 Å². The Morgan fingerprint density at radius 3 is 2.39 bits per heavy atom. The Balaban J connectivity index is 2.24. The number of rotatable bonds is 6. The third-order valence-electron chi connectivity index (χ3n) is 5.36. The number of hydrogen-bond donors (Lipinski definition) is 2. The first kappa shape index (κ1) is 22.9. The zero-order valence-electron chi connectivity index (χ0n) is 16.7. The number of quaternary nitrogens is 1. The van der Waals surface area contributed by atoms with Crippen molar-refractivity contribution >= 4 is 40.6 Å². The van der Waals surface area contributed by atoms with E-state index in [0.29, 0.717) is 6.42 Å². The van der Waals surface area contributed by atoms with Crippen LogP contribution in [0.4, 0.5) is 4.79 Å². The molecule has 0 aliphatic carbocycles. The molecule has 0 radical (unpaired) electrons. The molecule has 1 aromatic rings. The van der Waals surface area contributed by atoms with E-state index in [4.69, 9.17) is 0 Å². The number of thioether (sulfide) groups is 2. The van der Waals surface area contributed by atoms with Crippen molar-refractivity contribution in [3.63, 3.8) is 0 Å². The minimum absolute atomic E-state index is 0.110. The van der Waals surface area contributed by atoms with Gasteiger partial charge >= 0.3 is 12.0 Å². The summed E-state index contributed by atoms with van der Waals surface area (Å²) in [5, 5.41) is 21.0. The fourth-order valence-corrected chi connectivity index (χ4v) is 5.03. The standard InChI is InChI=1S/C20H27NO5S2/c1-13(11-28-15(3)22)18(23)21(19(24)25)12-20(26,9-14(21)2)10-16-5-7-17(27-4)8-6-16/h5-8,13-14,26H,9-12H2,1-4H3/p+1/t13?,14?,20?,21-/m0/s1. The zero-order valence-corrected chi connectivity index (χ0v) is 18.3. The molecular formula is C20H28NO5S2+. The van der Waals surface area contributed by atoms with Crippen LogP contribution in [0.25, 0.3) is 0 Å². The number of benzene rings is 1. The lowest BCUT2D eigenvalue weighted by Gasteiger charge is -2.32. The molecule has 28 heavy (non-hydrogen) atoms. The normalized spacial score (nSPS) is 28.1. The smallest absolute Gasteiger partial charge is 0.435 e. The van der Waals surface area contributed by atoms with Gasteiger partial charge in [-0.15, -0.1) is 11.8 Å². The summed E-state index contributed by atoms with van der Waals surface area (Å²) in [5.74, 6) is -0.819. The number of carbonyl (C=O) groups excluding carboxylic acids is 2. The third kappa shape index (κ3) is 4.79. The number of imide groups is 1. The van der Waals surface area contributed by atoms with Crippen LogP contribution in [0.2, 0.25) is 0 Å². The van der Waals surface area contributed by atoms with Crippen LogP contribution in [-0.4, -0.2) is 62.0 Å². The van der Waals surface area contributed by atoms with Gasteiger partial charge in [-0.2, -0.15) is 9.28 Å². The van der Waals surface area contributed by atoms with Gasteiger partial charge < -0.3 is 10.2 Å². The lowest BCUT2D eigenvalue weighted by atomic mass is 9.92. The number of likely N-dealkylation sites (tertiary alicyclic amines) is 1. The number of carbonyl (C=O) groups is 3. The lowest BCUT2D eigenvalue weighted by Crippen LogP contribution is -2.62. The van der Waals surface area contributed by atoms with Crippen LogP contribution in [0.5, 0.6) is 0 Å². The van der Waals surface area contributed by atoms with E-state index in [-0.39, 0.29) is 23.8 Å². The molecule has 0 bridgehead atoms. The SMILES string of the molecule is CSc1ccc(CC2(O)CC(C)[N@+](C(=O)O)(C(=O)C(C)CSC(C)=O)C2)cc1. The summed E-state index contributed by atoms with van der Waals surface area (Å²) in [6, 6.07) is 7.23. The Hall–Kier alpha value is -1.35. The van der Waals surface area contributed by atoms with Crippen LogP contribution in [0.3, 0.4) is 0 Å². The van der Waals surface area contributed by atoms with Gasteiger partial charge in [-0.05, 0) is 37.8 Å². The van der Waals surface area contributed by atoms with E-state index in [2.05, 4.69) is 0 Å². The van der Waals surface area contributed by atoms with E-state index in [1.165, 1.54) is 6.92 Å². The predicted molar refractivity (Wildman–Crippen MR) is 111 cm³/mol. The van der Waals surface area contributed by atoms with Crippen LogP contribution in [0.1, 0.15) is 32.8 Å². The Labute approximate surface area is 174 Å². The summed E-state index contributed by atoms with van der Waals surface area (Å²) < 4.78 is -0.793. The first-order valence-electron chi connectivity index (χ1n) is 9.18. The maximum absolute atomic E-state index is 13.1. The van der Waals surface area contributed by atoms with Crippen LogP contribution >= 0.6 is 23.5 Å². The van der Waals surface area contributed by atoms with Gasteiger partial charge in [0.2, 0.25) is 0 Å². The van der Waals surface area contributed by atoms with E-state index < -0.39 is 34.0 Å². The summed E-state index contributed by atoms with van der Waals surface area (Å²) >= 11 is 2.64. The van der Waals surface area contributed by atoms with Crippen molar-refractivity contribution in [1.29, 1.82) is 0 Å². The highest BCUT2D eigenvalue weighted by atomic mass is 32.2. The summed E-state index contributed by atoms with van der Waals surface area (Å²) in [6.45, 7) is 4.60. The second-order valence-corrected chi connectivity index (χ2v) is 9.73. The number of amides is 2. The Bertz CT molecular complexity index is 753. The lowest BCUT2D eigenvalue weighted by molar-refractivity contribution is -0.797. The van der Waals surface area contributed by atoms with Crippen molar-refractivity contribution in [3.8, 4) is 0 Å². The summed E-state index contributed by atoms with van der Waals surface area (Å²) in [5.41, 5.74) is -0.368. The van der Waals surface area contributed by atoms with E-state index in [0.717, 1.165) is 22.2 Å². The molecule has 1 aliphatic heterocycles. The topological polar surface area (TPSA) is 91.7 Å². The van der Waals surface area contributed by atoms with E-state index in [1.54, 1.807) is 25.6 Å². The molecule has 154 valence electrons. The fourth-order valence-electron chi connectivity index (χ4n) is 3.99. The van der Waals surface area contributed by atoms with E-state index >= 15 is 0 Å². The quantitative estimate of drug-likeness (QED) is 0.532. The Morgan fingerprint density at radius 2 is 1.89 bits per heavy atom. The van der Waals surface area contributed by atoms with Crippen LogP contribution in [0.15, 0.2) is 29.2 Å². The molecule has 3 unspecified atom stereocenters.